The van der Waals surface area contributed by atoms with Gasteiger partial charge in [0.15, 0.2) is 23.0 Å². The Bertz CT molecular complexity index is 1090. The molecule has 0 spiro atoms. The number of aliphatic hydroxyl groups is 1. The van der Waals surface area contributed by atoms with Crippen molar-refractivity contribution in [3.63, 3.8) is 0 Å². The summed E-state index contributed by atoms with van der Waals surface area (Å²) in [5, 5.41) is 56.1. The Morgan fingerprint density at radius 1 is 0.610 bits per heavy atom. The van der Waals surface area contributed by atoms with Crippen LogP contribution in [0.1, 0.15) is 51.3 Å². The van der Waals surface area contributed by atoms with Crippen LogP contribution in [0.3, 0.4) is 0 Å². The number of likely N-dealkylation sites (N-methyl/N-ethyl adjacent to an activating group) is 1. The zero-order valence-corrected chi connectivity index (χ0v) is 25.2. The van der Waals surface area contributed by atoms with Crippen LogP contribution in [0, 0.1) is 0 Å². The number of phenols is 4. The van der Waals surface area contributed by atoms with Crippen LogP contribution >= 0.6 is 0 Å². The van der Waals surface area contributed by atoms with Gasteiger partial charge in [-0.1, -0.05) is 55.3 Å². The molecule has 41 heavy (non-hydrogen) atoms. The average molecular weight is 613 g/mol. The molecule has 230 valence electrons. The van der Waals surface area contributed by atoms with Crippen LogP contribution in [-0.2, 0) is 12.8 Å². The molecule has 0 fully saturated rings. The van der Waals surface area contributed by atoms with Gasteiger partial charge in [-0.15, -0.1) is 0 Å². The summed E-state index contributed by atoms with van der Waals surface area (Å²) in [7, 11) is 1.73. The summed E-state index contributed by atoms with van der Waals surface area (Å²) in [5.74, 6) is -0.496. The molecule has 0 unspecified atom stereocenters. The lowest BCUT2D eigenvalue weighted by molar-refractivity contribution is -0.00100. The second kappa shape index (κ2) is 22.9. The van der Waals surface area contributed by atoms with Crippen LogP contribution < -0.4 is 40.8 Å². The minimum atomic E-state index is -0.670. The lowest BCUT2D eigenvalue weighted by atomic mass is 10.1. The lowest BCUT2D eigenvalue weighted by Crippen LogP contribution is -3.00. The molecule has 8 nitrogen and oxygen atoms in total. The standard InChI is InChI=1S/C22H32N2O2.C9H13NO3.2ClH/c25-21-11-10-20(18-22(21)26)13-17-24-15-7-2-1-6-14-23-16-12-19-8-4-3-5-9-19;1-10-5-9(13)6-2-3-7(11)8(12)4-6;;/h3-5,8-11,18,23-26H,1-2,6-7,12-17H2;2-4,9-13H,5H2,1H3;2*1H/t;9-;;/m.0../s1. The van der Waals surface area contributed by atoms with E-state index in [0.29, 0.717) is 12.1 Å². The number of hydrogen-bond donors (Lipinski definition) is 8. The van der Waals surface area contributed by atoms with Crippen LogP contribution in [0.15, 0.2) is 66.7 Å². The molecule has 0 saturated carbocycles. The van der Waals surface area contributed by atoms with Gasteiger partial charge in [-0.05, 0) is 99.9 Å². The molecule has 0 aromatic heterocycles. The number of aliphatic hydroxyl groups excluding tert-OH is 1. The fraction of sp³-hybridized carbons (Fsp3) is 0.419. The molecule has 0 aliphatic rings. The molecule has 3 aromatic rings. The molecule has 0 aliphatic heterocycles. The van der Waals surface area contributed by atoms with E-state index in [0.717, 1.165) is 44.6 Å². The highest BCUT2D eigenvalue weighted by atomic mass is 35.5. The largest absolute Gasteiger partial charge is 1.00 e. The van der Waals surface area contributed by atoms with E-state index in [1.807, 2.05) is 6.07 Å². The minimum absolute atomic E-state index is 0. The second-order valence-corrected chi connectivity index (χ2v) is 9.54. The molecule has 0 aliphatic carbocycles. The van der Waals surface area contributed by atoms with Gasteiger partial charge in [0.05, 0.1) is 6.10 Å². The van der Waals surface area contributed by atoms with Crippen molar-refractivity contribution in [3.05, 3.63) is 83.4 Å². The van der Waals surface area contributed by atoms with Crippen LogP contribution in [0.2, 0.25) is 0 Å². The van der Waals surface area contributed by atoms with E-state index in [1.165, 1.54) is 43.4 Å². The van der Waals surface area contributed by atoms with Crippen molar-refractivity contribution in [2.45, 2.75) is 44.6 Å². The Morgan fingerprint density at radius 3 is 1.68 bits per heavy atom. The Balaban J connectivity index is -0.000000809. The predicted octanol–water partition coefficient (Wildman–Crippen LogP) is -1.79. The zero-order chi connectivity index (χ0) is 28.3. The number of benzene rings is 3. The Kier molecular flexibility index (Phi) is 21.4. The van der Waals surface area contributed by atoms with Crippen molar-refractivity contribution in [1.82, 2.24) is 16.0 Å². The third-order valence-electron chi connectivity index (χ3n) is 6.30. The van der Waals surface area contributed by atoms with Gasteiger partial charge in [-0.25, -0.2) is 0 Å². The van der Waals surface area contributed by atoms with E-state index in [9.17, 15) is 15.3 Å². The van der Waals surface area contributed by atoms with Gasteiger partial charge in [0, 0.05) is 6.54 Å². The van der Waals surface area contributed by atoms with E-state index < -0.39 is 6.10 Å². The summed E-state index contributed by atoms with van der Waals surface area (Å²) in [4.78, 5) is 0. The predicted molar refractivity (Wildman–Crippen MR) is 159 cm³/mol. The highest BCUT2D eigenvalue weighted by Gasteiger charge is 2.08. The summed E-state index contributed by atoms with van der Waals surface area (Å²) < 4.78 is 0. The fourth-order valence-corrected chi connectivity index (χ4v) is 4.00. The summed E-state index contributed by atoms with van der Waals surface area (Å²) in [6, 6.07) is 19.9. The highest BCUT2D eigenvalue weighted by molar-refractivity contribution is 5.41. The van der Waals surface area contributed by atoms with E-state index in [-0.39, 0.29) is 50.7 Å². The van der Waals surface area contributed by atoms with Gasteiger partial charge >= 0.3 is 2.85 Å². The van der Waals surface area contributed by atoms with Gasteiger partial charge in [0.2, 0.25) is 0 Å². The summed E-state index contributed by atoms with van der Waals surface area (Å²) in [6.07, 6.45) is 6.26. The summed E-state index contributed by atoms with van der Waals surface area (Å²) >= 11 is 0. The molecule has 0 heterocycles. The smallest absolute Gasteiger partial charge is 1.00 e. The molecule has 0 saturated heterocycles. The maximum Gasteiger partial charge on any atom is 1.00 e. The van der Waals surface area contributed by atoms with Crippen molar-refractivity contribution in [3.8, 4) is 23.0 Å². The van der Waals surface area contributed by atoms with Gasteiger partial charge < -0.3 is 66.3 Å². The molecule has 0 bridgehead atoms. The third-order valence-corrected chi connectivity index (χ3v) is 6.30. The second-order valence-electron chi connectivity index (χ2n) is 9.54. The number of halogens is 2. The fourth-order valence-electron chi connectivity index (χ4n) is 4.00. The Morgan fingerprint density at radius 2 is 1.15 bits per heavy atom. The van der Waals surface area contributed by atoms with E-state index in [1.54, 1.807) is 25.2 Å². The lowest BCUT2D eigenvalue weighted by Gasteiger charge is -2.10. The van der Waals surface area contributed by atoms with E-state index in [2.05, 4.69) is 46.3 Å². The first-order chi connectivity index (χ1) is 18.9. The minimum Gasteiger partial charge on any atom is -1.00 e. The average Bonchev–Trinajstić information content (AvgIpc) is 2.94. The van der Waals surface area contributed by atoms with Crippen LogP contribution in [-0.4, -0.2) is 65.3 Å². The molecular formula is C31H47Cl2N3O5. The maximum atomic E-state index is 9.48. The van der Waals surface area contributed by atoms with Gasteiger partial charge in [0.25, 0.3) is 0 Å². The zero-order valence-electron chi connectivity index (χ0n) is 25.7. The normalized spacial score (nSPS) is 11.0. The molecule has 0 amide bonds. The van der Waals surface area contributed by atoms with Crippen LogP contribution in [0.4, 0.5) is 0 Å². The quantitative estimate of drug-likeness (QED) is 0.0702. The SMILES string of the molecule is CNC[C@H](O)c1ccc(O)c(O)c1.Oc1ccc(CCNCCCCCCNCCc2ccccc2)cc1O.[Cl-].[Cl-].[H+].[H+]. The number of nitrogens with one attached hydrogen (secondary N) is 3. The first kappa shape index (κ1) is 38.3. The summed E-state index contributed by atoms with van der Waals surface area (Å²) in [5.41, 5.74) is 3.01. The van der Waals surface area contributed by atoms with Crippen molar-refractivity contribution < 1.29 is 53.2 Å². The Hall–Kier alpha value is -2.72. The van der Waals surface area contributed by atoms with Gasteiger partial charge in [-0.2, -0.15) is 0 Å². The van der Waals surface area contributed by atoms with E-state index in [4.69, 9.17) is 10.2 Å². The topological polar surface area (TPSA) is 137 Å². The first-order valence-electron chi connectivity index (χ1n) is 13.7. The molecule has 1 atom stereocenters. The molecule has 3 aromatic carbocycles. The number of hydrogen-bond acceptors (Lipinski definition) is 8. The number of unbranched alkanes of at least 4 members (excludes halogenated alkanes) is 3. The molecule has 0 radical (unpaired) electrons. The van der Waals surface area contributed by atoms with Gasteiger partial charge in [-0.3, -0.25) is 0 Å². The van der Waals surface area contributed by atoms with Crippen LogP contribution in [0.25, 0.3) is 0 Å². The highest BCUT2D eigenvalue weighted by Crippen LogP contribution is 2.27. The van der Waals surface area contributed by atoms with Crippen LogP contribution in [0.5, 0.6) is 23.0 Å². The maximum absolute atomic E-state index is 9.48. The van der Waals surface area contributed by atoms with Crippen molar-refractivity contribution in [2.24, 2.45) is 0 Å². The van der Waals surface area contributed by atoms with Crippen molar-refractivity contribution in [1.29, 1.82) is 0 Å². The van der Waals surface area contributed by atoms with E-state index >= 15 is 0 Å². The third kappa shape index (κ3) is 16.3. The first-order valence-corrected chi connectivity index (χ1v) is 13.7. The number of phenolic OH excluding ortho intramolecular Hbond substituents is 4. The Labute approximate surface area is 259 Å². The van der Waals surface area contributed by atoms with Crippen molar-refractivity contribution in [2.75, 3.05) is 39.8 Å². The molecule has 8 N–H and O–H groups in total. The number of rotatable bonds is 16. The monoisotopic (exact) mass is 611 g/mol. The number of aromatic hydroxyl groups is 4. The molecule has 10 heteroatoms. The molecule has 3 rings (SSSR count). The van der Waals surface area contributed by atoms with Gasteiger partial charge in [0.1, 0.15) is 0 Å². The summed E-state index contributed by atoms with van der Waals surface area (Å²) in [6.45, 7) is 4.49. The molecular weight excluding hydrogens is 565 g/mol. The van der Waals surface area contributed by atoms with Crippen molar-refractivity contribution >= 4 is 0 Å².